The molecule has 2 rings (SSSR count). The van der Waals surface area contributed by atoms with Crippen LogP contribution in [0.4, 0.5) is 5.95 Å². The molecule has 0 aliphatic heterocycles. The van der Waals surface area contributed by atoms with E-state index in [1.54, 1.807) is 0 Å². The molecule has 3 heteroatoms. The Labute approximate surface area is 72.8 Å². The number of imidazole rings is 1. The standard InChI is InChI=1S/C9H15N3/c1-7-5-12(6-8-3-4-8)9(10-2)11-7/h5,8H,3-4,6H2,1-2H3,(H,10,11). The maximum atomic E-state index is 4.36. The molecule has 0 bridgehead atoms. The predicted molar refractivity (Wildman–Crippen MR) is 49.2 cm³/mol. The first-order valence-electron chi connectivity index (χ1n) is 4.51. The summed E-state index contributed by atoms with van der Waals surface area (Å²) in [5, 5.41) is 3.10. The van der Waals surface area contributed by atoms with Gasteiger partial charge in [0.1, 0.15) is 0 Å². The van der Waals surface area contributed by atoms with Crippen LogP contribution in [0, 0.1) is 12.8 Å². The lowest BCUT2D eigenvalue weighted by atomic mass is 10.4. The number of hydrogen-bond acceptors (Lipinski definition) is 2. The molecule has 1 heterocycles. The van der Waals surface area contributed by atoms with Gasteiger partial charge in [0.2, 0.25) is 5.95 Å². The lowest BCUT2D eigenvalue weighted by Gasteiger charge is -2.04. The van der Waals surface area contributed by atoms with Crippen LogP contribution in [0.25, 0.3) is 0 Å². The van der Waals surface area contributed by atoms with Crippen LogP contribution in [-0.2, 0) is 6.54 Å². The number of aryl methyl sites for hydroxylation is 1. The van der Waals surface area contributed by atoms with Crippen LogP contribution in [-0.4, -0.2) is 16.6 Å². The Balaban J connectivity index is 2.15. The highest BCUT2D eigenvalue weighted by Crippen LogP contribution is 2.31. The molecule has 1 N–H and O–H groups in total. The second-order valence-corrected chi connectivity index (χ2v) is 3.55. The maximum Gasteiger partial charge on any atom is 0.202 e. The summed E-state index contributed by atoms with van der Waals surface area (Å²) in [6.07, 6.45) is 4.89. The van der Waals surface area contributed by atoms with Gasteiger partial charge >= 0.3 is 0 Å². The molecule has 12 heavy (non-hydrogen) atoms. The molecular formula is C9H15N3. The van der Waals surface area contributed by atoms with Gasteiger partial charge in [-0.05, 0) is 25.7 Å². The van der Waals surface area contributed by atoms with Crippen LogP contribution < -0.4 is 5.32 Å². The summed E-state index contributed by atoms with van der Waals surface area (Å²) in [6.45, 7) is 3.17. The number of aromatic nitrogens is 2. The average Bonchev–Trinajstić information content (AvgIpc) is 2.76. The summed E-state index contributed by atoms with van der Waals surface area (Å²) >= 11 is 0. The number of hydrogen-bond donors (Lipinski definition) is 1. The topological polar surface area (TPSA) is 29.9 Å². The highest BCUT2D eigenvalue weighted by molar-refractivity contribution is 5.27. The molecule has 66 valence electrons. The van der Waals surface area contributed by atoms with Crippen LogP contribution in [0.3, 0.4) is 0 Å². The van der Waals surface area contributed by atoms with Gasteiger partial charge in [0.15, 0.2) is 0 Å². The molecular weight excluding hydrogens is 150 g/mol. The molecule has 3 nitrogen and oxygen atoms in total. The van der Waals surface area contributed by atoms with E-state index in [0.717, 1.165) is 24.1 Å². The molecule has 1 aliphatic rings. The zero-order valence-electron chi connectivity index (χ0n) is 7.67. The van der Waals surface area contributed by atoms with E-state index >= 15 is 0 Å². The van der Waals surface area contributed by atoms with Gasteiger partial charge in [-0.2, -0.15) is 0 Å². The lowest BCUT2D eigenvalue weighted by molar-refractivity contribution is 0.632. The molecule has 0 atom stereocenters. The Hall–Kier alpha value is -0.990. The van der Waals surface area contributed by atoms with Gasteiger partial charge in [-0.1, -0.05) is 0 Å². The summed E-state index contributed by atoms with van der Waals surface area (Å²) in [5.74, 6) is 1.91. The van der Waals surface area contributed by atoms with Gasteiger partial charge in [-0.25, -0.2) is 4.98 Å². The Kier molecular flexibility index (Phi) is 1.79. The zero-order valence-corrected chi connectivity index (χ0v) is 7.67. The smallest absolute Gasteiger partial charge is 0.202 e. The molecule has 0 radical (unpaired) electrons. The van der Waals surface area contributed by atoms with Crippen molar-refractivity contribution < 1.29 is 0 Å². The molecule has 1 aliphatic carbocycles. The van der Waals surface area contributed by atoms with Crippen molar-refractivity contribution in [2.24, 2.45) is 5.92 Å². The van der Waals surface area contributed by atoms with Gasteiger partial charge < -0.3 is 9.88 Å². The Morgan fingerprint density at radius 2 is 2.42 bits per heavy atom. The summed E-state index contributed by atoms with van der Waals surface area (Å²) < 4.78 is 2.22. The molecule has 1 aromatic rings. The molecule has 1 saturated carbocycles. The second kappa shape index (κ2) is 2.81. The molecule has 1 aromatic heterocycles. The number of nitrogens with one attached hydrogen (secondary N) is 1. The summed E-state index contributed by atoms with van der Waals surface area (Å²) in [6, 6.07) is 0. The van der Waals surface area contributed by atoms with E-state index in [1.165, 1.54) is 12.8 Å². The normalized spacial score (nSPS) is 16.5. The van der Waals surface area contributed by atoms with Crippen molar-refractivity contribution in [1.82, 2.24) is 9.55 Å². The molecule has 0 aromatic carbocycles. The average molecular weight is 165 g/mol. The van der Waals surface area contributed by atoms with Gasteiger partial charge in [-0.3, -0.25) is 0 Å². The second-order valence-electron chi connectivity index (χ2n) is 3.55. The Morgan fingerprint density at radius 1 is 1.67 bits per heavy atom. The Morgan fingerprint density at radius 3 is 3.00 bits per heavy atom. The Bertz CT molecular complexity index is 273. The third-order valence-corrected chi connectivity index (χ3v) is 2.27. The third-order valence-electron chi connectivity index (χ3n) is 2.27. The van der Waals surface area contributed by atoms with Gasteiger partial charge in [-0.15, -0.1) is 0 Å². The van der Waals surface area contributed by atoms with Crippen molar-refractivity contribution in [3.05, 3.63) is 11.9 Å². The fourth-order valence-electron chi connectivity index (χ4n) is 1.46. The zero-order chi connectivity index (χ0) is 8.55. The van der Waals surface area contributed by atoms with Crippen LogP contribution in [0.2, 0.25) is 0 Å². The van der Waals surface area contributed by atoms with Crippen LogP contribution in [0.5, 0.6) is 0 Å². The first-order valence-corrected chi connectivity index (χ1v) is 4.51. The molecule has 0 saturated heterocycles. The van der Waals surface area contributed by atoms with Crippen molar-refractivity contribution in [3.63, 3.8) is 0 Å². The van der Waals surface area contributed by atoms with Crippen molar-refractivity contribution in [3.8, 4) is 0 Å². The van der Waals surface area contributed by atoms with Crippen molar-refractivity contribution in [2.75, 3.05) is 12.4 Å². The molecule has 0 unspecified atom stereocenters. The van der Waals surface area contributed by atoms with E-state index in [2.05, 4.69) is 21.1 Å². The highest BCUT2D eigenvalue weighted by Gasteiger charge is 2.22. The first kappa shape index (κ1) is 7.65. The van der Waals surface area contributed by atoms with Crippen molar-refractivity contribution >= 4 is 5.95 Å². The lowest BCUT2D eigenvalue weighted by Crippen LogP contribution is -2.03. The molecule has 1 fully saturated rings. The van der Waals surface area contributed by atoms with E-state index in [-0.39, 0.29) is 0 Å². The quantitative estimate of drug-likeness (QED) is 0.738. The summed E-state index contributed by atoms with van der Waals surface area (Å²) in [4.78, 5) is 4.36. The first-order chi connectivity index (χ1) is 5.79. The summed E-state index contributed by atoms with van der Waals surface area (Å²) in [7, 11) is 1.92. The van der Waals surface area contributed by atoms with Gasteiger partial charge in [0.05, 0.1) is 5.69 Å². The number of rotatable bonds is 3. The predicted octanol–water partition coefficient (Wildman–Crippen LogP) is 1.64. The van der Waals surface area contributed by atoms with E-state index in [0.29, 0.717) is 0 Å². The van der Waals surface area contributed by atoms with Crippen LogP contribution >= 0.6 is 0 Å². The third kappa shape index (κ3) is 1.44. The minimum atomic E-state index is 0.908. The fraction of sp³-hybridized carbons (Fsp3) is 0.667. The van der Waals surface area contributed by atoms with Crippen molar-refractivity contribution in [2.45, 2.75) is 26.3 Å². The minimum absolute atomic E-state index is 0.908. The largest absolute Gasteiger partial charge is 0.359 e. The monoisotopic (exact) mass is 165 g/mol. The van der Waals surface area contributed by atoms with E-state index in [4.69, 9.17) is 0 Å². The molecule has 0 spiro atoms. The fourth-order valence-corrected chi connectivity index (χ4v) is 1.46. The van der Waals surface area contributed by atoms with Gasteiger partial charge in [0.25, 0.3) is 0 Å². The van der Waals surface area contributed by atoms with Crippen LogP contribution in [0.1, 0.15) is 18.5 Å². The van der Waals surface area contributed by atoms with Crippen molar-refractivity contribution in [1.29, 1.82) is 0 Å². The number of nitrogens with zero attached hydrogens (tertiary/aromatic N) is 2. The minimum Gasteiger partial charge on any atom is -0.359 e. The van der Waals surface area contributed by atoms with E-state index < -0.39 is 0 Å². The van der Waals surface area contributed by atoms with E-state index in [9.17, 15) is 0 Å². The summed E-state index contributed by atoms with van der Waals surface area (Å²) in [5.41, 5.74) is 1.10. The van der Waals surface area contributed by atoms with Gasteiger partial charge in [0, 0.05) is 19.8 Å². The highest BCUT2D eigenvalue weighted by atomic mass is 15.2. The van der Waals surface area contributed by atoms with E-state index in [1.807, 2.05) is 14.0 Å². The number of anilines is 1. The van der Waals surface area contributed by atoms with Crippen LogP contribution in [0.15, 0.2) is 6.20 Å². The SMILES string of the molecule is CNc1nc(C)cn1CC1CC1. The maximum absolute atomic E-state index is 4.36. The molecule has 0 amide bonds.